The molecule has 1 atom stereocenters. The maximum absolute atomic E-state index is 12.3. The van der Waals surface area contributed by atoms with Crippen molar-refractivity contribution in [2.75, 3.05) is 5.32 Å². The van der Waals surface area contributed by atoms with Crippen molar-refractivity contribution in [1.29, 1.82) is 5.26 Å². The van der Waals surface area contributed by atoms with Gasteiger partial charge in [0.1, 0.15) is 11.9 Å². The summed E-state index contributed by atoms with van der Waals surface area (Å²) in [6.07, 6.45) is 4.41. The highest BCUT2D eigenvalue weighted by atomic mass is 35.5. The molecule has 0 amide bonds. The maximum atomic E-state index is 12.3. The molecular formula is C19H21ClN4O2. The first-order valence-corrected chi connectivity index (χ1v) is 9.04. The molecular weight excluding hydrogens is 352 g/mol. The molecule has 2 aromatic rings. The van der Waals surface area contributed by atoms with Crippen molar-refractivity contribution in [2.24, 2.45) is 20.0 Å². The number of hydrogen-bond acceptors (Lipinski definition) is 4. The number of nitrogens with one attached hydrogen (secondary N) is 1. The lowest BCUT2D eigenvalue weighted by Crippen LogP contribution is -2.40. The average molecular weight is 373 g/mol. The lowest BCUT2D eigenvalue weighted by Gasteiger charge is -2.27. The summed E-state index contributed by atoms with van der Waals surface area (Å²) in [6, 6.07) is 9.41. The second kappa shape index (κ2) is 7.38. The molecule has 0 saturated heterocycles. The van der Waals surface area contributed by atoms with Crippen LogP contribution in [0.4, 0.5) is 5.82 Å². The molecule has 3 rings (SSSR count). The molecule has 1 heterocycles. The Hall–Kier alpha value is -2.52. The molecule has 0 aliphatic heterocycles. The van der Waals surface area contributed by atoms with E-state index >= 15 is 0 Å². The summed E-state index contributed by atoms with van der Waals surface area (Å²) in [6.45, 7) is 0. The molecule has 1 aromatic carbocycles. The summed E-state index contributed by atoms with van der Waals surface area (Å²) in [4.78, 5) is 24.7. The number of anilines is 1. The lowest BCUT2D eigenvalue weighted by atomic mass is 9.91. The summed E-state index contributed by atoms with van der Waals surface area (Å²) in [7, 11) is 2.95. The van der Waals surface area contributed by atoms with Crippen LogP contribution in [0.25, 0.3) is 0 Å². The van der Waals surface area contributed by atoms with Crippen molar-refractivity contribution in [2.45, 2.75) is 31.7 Å². The van der Waals surface area contributed by atoms with Gasteiger partial charge >= 0.3 is 5.69 Å². The smallest absolute Gasteiger partial charge is 0.332 e. The van der Waals surface area contributed by atoms with E-state index in [2.05, 4.69) is 5.32 Å². The Morgan fingerprint density at radius 3 is 2.35 bits per heavy atom. The third-order valence-electron chi connectivity index (χ3n) is 5.17. The molecule has 1 aliphatic carbocycles. The third-order valence-corrected chi connectivity index (χ3v) is 5.42. The van der Waals surface area contributed by atoms with Gasteiger partial charge in [0.2, 0.25) is 0 Å². The van der Waals surface area contributed by atoms with Crippen LogP contribution in [0.1, 0.15) is 42.9 Å². The summed E-state index contributed by atoms with van der Waals surface area (Å²) in [5, 5.41) is 13.5. The number of rotatable bonds is 4. The highest BCUT2D eigenvalue weighted by Gasteiger charge is 2.28. The van der Waals surface area contributed by atoms with Crippen molar-refractivity contribution in [3.63, 3.8) is 0 Å². The molecule has 1 aromatic heterocycles. The Labute approximate surface area is 156 Å². The number of aromatic nitrogens is 2. The first-order chi connectivity index (χ1) is 12.4. The van der Waals surface area contributed by atoms with E-state index in [9.17, 15) is 14.9 Å². The van der Waals surface area contributed by atoms with E-state index in [1.807, 2.05) is 30.3 Å². The van der Waals surface area contributed by atoms with Gasteiger partial charge in [0.25, 0.3) is 5.56 Å². The second-order valence-electron chi connectivity index (χ2n) is 6.76. The van der Waals surface area contributed by atoms with Crippen LogP contribution in [0.5, 0.6) is 0 Å². The Bertz CT molecular complexity index is 963. The van der Waals surface area contributed by atoms with Crippen LogP contribution in [0.3, 0.4) is 0 Å². The molecule has 1 fully saturated rings. The molecule has 1 N–H and O–H groups in total. The van der Waals surface area contributed by atoms with E-state index in [1.54, 1.807) is 7.05 Å². The van der Waals surface area contributed by atoms with Gasteiger partial charge in [0.15, 0.2) is 5.56 Å². The number of halogens is 1. The molecule has 0 spiro atoms. The van der Waals surface area contributed by atoms with Gasteiger partial charge in [-0.25, -0.2) is 4.79 Å². The minimum absolute atomic E-state index is 0.0495. The minimum atomic E-state index is -0.584. The summed E-state index contributed by atoms with van der Waals surface area (Å²) in [5.74, 6) is 0.634. The number of nitrogens with zero attached hydrogens (tertiary/aromatic N) is 3. The number of benzene rings is 1. The van der Waals surface area contributed by atoms with Crippen molar-refractivity contribution < 1.29 is 0 Å². The van der Waals surface area contributed by atoms with E-state index in [0.717, 1.165) is 35.8 Å². The zero-order valence-electron chi connectivity index (χ0n) is 14.8. The van der Waals surface area contributed by atoms with Crippen LogP contribution >= 0.6 is 11.6 Å². The summed E-state index contributed by atoms with van der Waals surface area (Å²) in [5.41, 5.74) is -0.0676. The normalized spacial score (nSPS) is 15.6. The molecule has 7 heteroatoms. The Morgan fingerprint density at radius 1 is 1.15 bits per heavy atom. The lowest BCUT2D eigenvalue weighted by molar-refractivity contribution is 0.466. The van der Waals surface area contributed by atoms with Crippen LogP contribution in [-0.2, 0) is 14.1 Å². The van der Waals surface area contributed by atoms with Crippen LogP contribution in [-0.4, -0.2) is 9.13 Å². The van der Waals surface area contributed by atoms with Gasteiger partial charge in [-0.2, -0.15) is 5.26 Å². The first-order valence-electron chi connectivity index (χ1n) is 8.66. The van der Waals surface area contributed by atoms with Gasteiger partial charge in [0, 0.05) is 19.1 Å². The second-order valence-corrected chi connectivity index (χ2v) is 7.20. The van der Waals surface area contributed by atoms with Crippen LogP contribution < -0.4 is 16.6 Å². The van der Waals surface area contributed by atoms with E-state index in [4.69, 9.17) is 11.6 Å². The molecule has 6 nitrogen and oxygen atoms in total. The molecule has 26 heavy (non-hydrogen) atoms. The zero-order chi connectivity index (χ0) is 18.8. The first kappa shape index (κ1) is 18.3. The highest BCUT2D eigenvalue weighted by Crippen LogP contribution is 2.38. The molecule has 0 radical (unpaired) electrons. The molecule has 136 valence electrons. The fourth-order valence-corrected chi connectivity index (χ4v) is 3.82. The standard InChI is InChI=1S/C19H21ClN4O2/c1-23-17(15(11-21)18(25)24(2)19(23)26)22-16(12-5-3-4-6-12)13-7-9-14(20)10-8-13/h7-10,12,16,22H,3-6H2,1-2H3. The fourth-order valence-electron chi connectivity index (χ4n) is 3.70. The Morgan fingerprint density at radius 2 is 1.77 bits per heavy atom. The fraction of sp³-hybridized carbons (Fsp3) is 0.421. The van der Waals surface area contributed by atoms with Gasteiger partial charge in [0.05, 0.1) is 6.04 Å². The van der Waals surface area contributed by atoms with Gasteiger partial charge in [-0.1, -0.05) is 36.6 Å². The van der Waals surface area contributed by atoms with Gasteiger partial charge in [-0.3, -0.25) is 13.9 Å². The summed E-state index contributed by atoms with van der Waals surface area (Å²) >= 11 is 6.02. The van der Waals surface area contributed by atoms with Crippen molar-refractivity contribution in [3.05, 3.63) is 61.3 Å². The minimum Gasteiger partial charge on any atom is -0.363 e. The zero-order valence-corrected chi connectivity index (χ0v) is 15.6. The SMILES string of the molecule is Cn1c(NC(c2ccc(Cl)cc2)C2CCCC2)c(C#N)c(=O)n(C)c1=O. The maximum Gasteiger partial charge on any atom is 0.332 e. The number of hydrogen-bond donors (Lipinski definition) is 1. The quantitative estimate of drug-likeness (QED) is 0.894. The van der Waals surface area contributed by atoms with Crippen molar-refractivity contribution >= 4 is 17.4 Å². The van der Waals surface area contributed by atoms with Crippen LogP contribution in [0.2, 0.25) is 5.02 Å². The van der Waals surface area contributed by atoms with Crippen molar-refractivity contribution in [1.82, 2.24) is 9.13 Å². The van der Waals surface area contributed by atoms with Gasteiger partial charge in [-0.15, -0.1) is 0 Å². The topological polar surface area (TPSA) is 79.8 Å². The predicted octanol–water partition coefficient (Wildman–Crippen LogP) is 2.95. The average Bonchev–Trinajstić information content (AvgIpc) is 3.17. The van der Waals surface area contributed by atoms with E-state index in [0.29, 0.717) is 10.9 Å². The molecule has 1 saturated carbocycles. The molecule has 1 unspecified atom stereocenters. The van der Waals surface area contributed by atoms with Gasteiger partial charge < -0.3 is 5.32 Å². The Kier molecular flexibility index (Phi) is 5.19. The van der Waals surface area contributed by atoms with Crippen LogP contribution in [0.15, 0.2) is 33.9 Å². The monoisotopic (exact) mass is 372 g/mol. The highest BCUT2D eigenvalue weighted by molar-refractivity contribution is 6.30. The molecule has 0 bridgehead atoms. The molecule has 1 aliphatic rings. The predicted molar refractivity (Wildman–Crippen MR) is 101 cm³/mol. The largest absolute Gasteiger partial charge is 0.363 e. The van der Waals surface area contributed by atoms with Gasteiger partial charge in [-0.05, 0) is 36.5 Å². The Balaban J connectivity index is 2.11. The van der Waals surface area contributed by atoms with E-state index < -0.39 is 11.2 Å². The number of nitriles is 1. The van der Waals surface area contributed by atoms with E-state index in [-0.39, 0.29) is 17.4 Å². The summed E-state index contributed by atoms with van der Waals surface area (Å²) < 4.78 is 2.29. The van der Waals surface area contributed by atoms with Crippen molar-refractivity contribution in [3.8, 4) is 6.07 Å². The third kappa shape index (κ3) is 3.27. The van der Waals surface area contributed by atoms with E-state index in [1.165, 1.54) is 11.6 Å². The van der Waals surface area contributed by atoms with Crippen LogP contribution in [0, 0.1) is 17.2 Å².